The average Bonchev–Trinajstić information content (AvgIpc) is 3.39. The van der Waals surface area contributed by atoms with E-state index in [0.717, 1.165) is 55.8 Å². The summed E-state index contributed by atoms with van der Waals surface area (Å²) in [7, 11) is 0. The molecule has 1 aliphatic heterocycles. The number of allylic oxidation sites excluding steroid dienone is 1. The lowest BCUT2D eigenvalue weighted by Crippen LogP contribution is -2.55. The van der Waals surface area contributed by atoms with Crippen molar-refractivity contribution in [2.24, 2.45) is 46.8 Å². The zero-order valence-electron chi connectivity index (χ0n) is 17.2. The lowest BCUT2D eigenvalue weighted by molar-refractivity contribution is -0.163. The number of rotatable bonds is 1. The number of hydrogen-bond acceptors (Lipinski definition) is 3. The first kappa shape index (κ1) is 17.5. The van der Waals surface area contributed by atoms with Gasteiger partial charge in [-0.15, -0.1) is 0 Å². The Hall–Kier alpha value is -1.38. The summed E-state index contributed by atoms with van der Waals surface area (Å²) in [6.45, 7) is 4.85. The van der Waals surface area contributed by atoms with E-state index in [9.17, 15) is 9.59 Å². The van der Waals surface area contributed by atoms with Gasteiger partial charge >= 0.3 is 5.97 Å². The molecule has 0 bridgehead atoms. The van der Waals surface area contributed by atoms with Crippen LogP contribution in [-0.4, -0.2) is 17.4 Å². The van der Waals surface area contributed by atoms with Crippen LogP contribution in [0.3, 0.4) is 0 Å². The van der Waals surface area contributed by atoms with Crippen molar-refractivity contribution in [3.05, 3.63) is 23.8 Å². The maximum Gasteiger partial charge on any atom is 0.331 e. The summed E-state index contributed by atoms with van der Waals surface area (Å²) in [6.07, 6.45) is 14.9. The Morgan fingerprint density at radius 3 is 2.64 bits per heavy atom. The summed E-state index contributed by atoms with van der Waals surface area (Å²) in [5.74, 6) is 5.13. The Morgan fingerprint density at radius 1 is 1.11 bits per heavy atom. The molecule has 0 aromatic heterocycles. The van der Waals surface area contributed by atoms with Crippen molar-refractivity contribution >= 4 is 11.8 Å². The second-order valence-electron chi connectivity index (χ2n) is 11.1. The molecule has 3 nitrogen and oxygen atoms in total. The third kappa shape index (κ3) is 2.17. The minimum Gasteiger partial charge on any atom is -0.451 e. The molecule has 0 aromatic carbocycles. The maximum absolute atomic E-state index is 12.1. The fraction of sp³-hybridized carbons (Fsp3) is 0.760. The Bertz CT molecular complexity index is 805. The largest absolute Gasteiger partial charge is 0.451 e. The zero-order chi connectivity index (χ0) is 19.3. The number of hydrogen-bond donors (Lipinski definition) is 0. The Balaban J connectivity index is 1.43. The molecule has 4 fully saturated rings. The zero-order valence-corrected chi connectivity index (χ0v) is 17.2. The Labute approximate surface area is 168 Å². The average molecular weight is 381 g/mol. The monoisotopic (exact) mass is 380 g/mol. The van der Waals surface area contributed by atoms with Gasteiger partial charge < -0.3 is 4.74 Å². The smallest absolute Gasteiger partial charge is 0.331 e. The highest BCUT2D eigenvalue weighted by Gasteiger charge is 2.68. The van der Waals surface area contributed by atoms with Gasteiger partial charge in [-0.2, -0.15) is 0 Å². The van der Waals surface area contributed by atoms with Gasteiger partial charge in [0, 0.05) is 17.9 Å². The quantitative estimate of drug-likeness (QED) is 0.610. The van der Waals surface area contributed by atoms with E-state index in [4.69, 9.17) is 4.74 Å². The van der Waals surface area contributed by atoms with Crippen molar-refractivity contribution in [1.82, 2.24) is 0 Å². The summed E-state index contributed by atoms with van der Waals surface area (Å²) in [5, 5.41) is 0. The van der Waals surface area contributed by atoms with Crippen LogP contribution in [0, 0.1) is 46.8 Å². The predicted octanol–water partition coefficient (Wildman–Crippen LogP) is 4.86. The van der Waals surface area contributed by atoms with Gasteiger partial charge in [0.1, 0.15) is 5.60 Å². The van der Waals surface area contributed by atoms with Crippen molar-refractivity contribution in [2.45, 2.75) is 70.8 Å². The van der Waals surface area contributed by atoms with Crippen LogP contribution in [0.1, 0.15) is 65.2 Å². The minimum absolute atomic E-state index is 0.0646. The standard InChI is InChI=1S/C25H32O3/c1-14-13-25(10-8-21(27)28-25)24(2)9-7-19-18-6-5-17(26)11-16(18)12-20(15-3-4-15)22(19)23(14)24/h8,10-11,14-15,18-20,22-23H,3-7,9,12-13H2,1-2H3/t14?,18?,19?,20-,22?,23?,24+,25?/m1/s1. The number of carbonyl (C=O) groups excluding carboxylic acids is 2. The molecule has 8 atom stereocenters. The van der Waals surface area contributed by atoms with Crippen molar-refractivity contribution in [1.29, 1.82) is 0 Å². The summed E-state index contributed by atoms with van der Waals surface area (Å²) >= 11 is 0. The van der Waals surface area contributed by atoms with Crippen LogP contribution in [0.4, 0.5) is 0 Å². The van der Waals surface area contributed by atoms with Gasteiger partial charge in [0.25, 0.3) is 0 Å². The first-order valence-electron chi connectivity index (χ1n) is 11.6. The molecule has 6 unspecified atom stereocenters. The topological polar surface area (TPSA) is 43.4 Å². The Kier molecular flexibility index (Phi) is 3.50. The van der Waals surface area contributed by atoms with Crippen LogP contribution in [0.5, 0.6) is 0 Å². The maximum atomic E-state index is 12.1. The van der Waals surface area contributed by atoms with Crippen LogP contribution in [-0.2, 0) is 14.3 Å². The van der Waals surface area contributed by atoms with Gasteiger partial charge in [0.2, 0.25) is 0 Å². The molecular weight excluding hydrogens is 348 g/mol. The van der Waals surface area contributed by atoms with Crippen molar-refractivity contribution in [2.75, 3.05) is 0 Å². The summed E-state index contributed by atoms with van der Waals surface area (Å²) in [4.78, 5) is 24.2. The third-order valence-electron chi connectivity index (χ3n) is 9.85. The molecule has 150 valence electrons. The summed E-state index contributed by atoms with van der Waals surface area (Å²) in [6, 6.07) is 0. The Morgan fingerprint density at radius 2 is 1.93 bits per heavy atom. The minimum atomic E-state index is -0.369. The van der Waals surface area contributed by atoms with Gasteiger partial charge in [-0.1, -0.05) is 19.4 Å². The normalized spacial score (nSPS) is 52.1. The molecule has 28 heavy (non-hydrogen) atoms. The first-order valence-corrected chi connectivity index (χ1v) is 11.6. The second-order valence-corrected chi connectivity index (χ2v) is 11.1. The van der Waals surface area contributed by atoms with Crippen molar-refractivity contribution in [3.8, 4) is 0 Å². The highest BCUT2D eigenvalue weighted by molar-refractivity contribution is 5.91. The van der Waals surface area contributed by atoms with Gasteiger partial charge in [0.15, 0.2) is 5.78 Å². The highest BCUT2D eigenvalue weighted by Crippen LogP contribution is 2.70. The highest BCUT2D eigenvalue weighted by atomic mass is 16.6. The molecule has 0 amide bonds. The summed E-state index contributed by atoms with van der Waals surface area (Å²) < 4.78 is 6.06. The first-order chi connectivity index (χ1) is 13.4. The fourth-order valence-electron chi connectivity index (χ4n) is 8.76. The van der Waals surface area contributed by atoms with Gasteiger partial charge in [-0.25, -0.2) is 4.79 Å². The number of ether oxygens (including phenoxy) is 1. The molecule has 1 heterocycles. The predicted molar refractivity (Wildman–Crippen MR) is 106 cm³/mol. The third-order valence-corrected chi connectivity index (χ3v) is 9.85. The van der Waals surface area contributed by atoms with E-state index in [0.29, 0.717) is 23.5 Å². The number of fused-ring (bicyclic) bond motifs is 6. The van der Waals surface area contributed by atoms with Crippen molar-refractivity contribution in [3.63, 3.8) is 0 Å². The number of carbonyl (C=O) groups is 2. The van der Waals surface area contributed by atoms with Crippen LogP contribution < -0.4 is 0 Å². The lowest BCUT2D eigenvalue weighted by atomic mass is 9.47. The van der Waals surface area contributed by atoms with Crippen LogP contribution in [0.25, 0.3) is 0 Å². The van der Waals surface area contributed by atoms with E-state index in [-0.39, 0.29) is 17.0 Å². The molecule has 6 rings (SSSR count). The molecule has 0 saturated heterocycles. The van der Waals surface area contributed by atoms with Crippen LogP contribution in [0.2, 0.25) is 0 Å². The second kappa shape index (κ2) is 5.61. The molecule has 5 aliphatic carbocycles. The molecular formula is C25H32O3. The molecule has 1 spiro atoms. The molecule has 6 aliphatic rings. The molecule has 0 radical (unpaired) electrons. The molecule has 0 aromatic rings. The molecule has 4 saturated carbocycles. The molecule has 3 heteroatoms. The van der Waals surface area contributed by atoms with E-state index in [1.54, 1.807) is 6.08 Å². The number of ketones is 1. The van der Waals surface area contributed by atoms with Gasteiger partial charge in [-0.05, 0) is 98.5 Å². The SMILES string of the molecule is CC1CC2(C=CC(=O)O2)[C@@]2(C)CCC3C4CCC(=O)C=C4C[C@H](C4CC4)C3C12. The summed E-state index contributed by atoms with van der Waals surface area (Å²) in [5.41, 5.74) is 1.19. The van der Waals surface area contributed by atoms with E-state index >= 15 is 0 Å². The van der Waals surface area contributed by atoms with E-state index < -0.39 is 0 Å². The number of esters is 1. The van der Waals surface area contributed by atoms with Crippen LogP contribution in [0.15, 0.2) is 23.8 Å². The lowest BCUT2D eigenvalue weighted by Gasteiger charge is -2.58. The van der Waals surface area contributed by atoms with Crippen molar-refractivity contribution < 1.29 is 14.3 Å². The van der Waals surface area contributed by atoms with Gasteiger partial charge in [0.05, 0.1) is 0 Å². The van der Waals surface area contributed by atoms with E-state index in [1.165, 1.54) is 24.8 Å². The van der Waals surface area contributed by atoms with Crippen LogP contribution >= 0.6 is 0 Å². The van der Waals surface area contributed by atoms with E-state index in [2.05, 4.69) is 19.9 Å². The molecule has 0 N–H and O–H groups in total. The fourth-order valence-corrected chi connectivity index (χ4v) is 8.76. The van der Waals surface area contributed by atoms with E-state index in [1.807, 2.05) is 6.08 Å². The van der Waals surface area contributed by atoms with Gasteiger partial charge in [-0.3, -0.25) is 4.79 Å².